The first-order valence-electron chi connectivity index (χ1n) is 6.22. The Morgan fingerprint density at radius 3 is 2.74 bits per heavy atom. The molecule has 1 fully saturated rings. The van der Waals surface area contributed by atoms with Crippen molar-refractivity contribution in [3.8, 4) is 12.3 Å². The molecule has 0 aliphatic carbocycles. The molecule has 1 saturated heterocycles. The van der Waals surface area contributed by atoms with Crippen LogP contribution in [0.25, 0.3) is 0 Å². The molecule has 4 heteroatoms. The summed E-state index contributed by atoms with van der Waals surface area (Å²) >= 11 is 0. The van der Waals surface area contributed by atoms with Crippen molar-refractivity contribution in [2.75, 3.05) is 5.32 Å². The lowest BCUT2D eigenvalue weighted by atomic mass is 10.2. The number of hydrogen-bond acceptors (Lipinski definition) is 3. The fourth-order valence-electron chi connectivity index (χ4n) is 2.21. The summed E-state index contributed by atoms with van der Waals surface area (Å²) < 4.78 is 0. The third-order valence-corrected chi connectivity index (χ3v) is 3.07. The average molecular weight is 256 g/mol. The molecular formula is C15H16N2O2. The van der Waals surface area contributed by atoms with E-state index in [-0.39, 0.29) is 24.3 Å². The average Bonchev–Trinajstić information content (AvgIpc) is 2.64. The van der Waals surface area contributed by atoms with E-state index in [1.165, 1.54) is 4.90 Å². The predicted octanol–water partition coefficient (Wildman–Crippen LogP) is 1.62. The normalized spacial score (nSPS) is 18.8. The van der Waals surface area contributed by atoms with Crippen LogP contribution >= 0.6 is 0 Å². The summed E-state index contributed by atoms with van der Waals surface area (Å²) in [5, 5.41) is 3.07. The molecule has 0 spiro atoms. The second kappa shape index (κ2) is 5.15. The van der Waals surface area contributed by atoms with Gasteiger partial charge in [0.25, 0.3) is 5.91 Å². The summed E-state index contributed by atoms with van der Waals surface area (Å²) in [7, 11) is 0. The number of imide groups is 1. The molecule has 0 radical (unpaired) electrons. The molecule has 0 aromatic heterocycles. The predicted molar refractivity (Wildman–Crippen MR) is 73.4 cm³/mol. The van der Waals surface area contributed by atoms with Crippen LogP contribution in [0.4, 0.5) is 5.69 Å². The quantitative estimate of drug-likeness (QED) is 0.660. The maximum Gasteiger partial charge on any atom is 0.252 e. The molecule has 0 saturated carbocycles. The molecule has 1 aromatic rings. The monoisotopic (exact) mass is 256 g/mol. The Morgan fingerprint density at radius 1 is 1.42 bits per heavy atom. The zero-order valence-electron chi connectivity index (χ0n) is 11.0. The summed E-state index contributed by atoms with van der Waals surface area (Å²) in [6.07, 6.45) is 5.52. The Morgan fingerprint density at radius 2 is 2.16 bits per heavy atom. The lowest BCUT2D eigenvalue weighted by Crippen LogP contribution is -2.39. The third kappa shape index (κ3) is 2.60. The highest BCUT2D eigenvalue weighted by atomic mass is 16.2. The van der Waals surface area contributed by atoms with Crippen molar-refractivity contribution in [1.82, 2.24) is 4.90 Å². The highest BCUT2D eigenvalue weighted by molar-refractivity contribution is 6.07. The molecule has 1 aromatic carbocycles. The Hall–Kier alpha value is -2.28. The number of carbonyl (C=O) groups excluding carboxylic acids is 2. The first-order valence-corrected chi connectivity index (χ1v) is 6.22. The van der Waals surface area contributed by atoms with Crippen molar-refractivity contribution in [2.45, 2.75) is 32.4 Å². The maximum absolute atomic E-state index is 12.1. The van der Waals surface area contributed by atoms with Gasteiger partial charge < -0.3 is 5.32 Å². The molecule has 98 valence electrons. The molecule has 1 unspecified atom stereocenters. The summed E-state index contributed by atoms with van der Waals surface area (Å²) in [5.41, 5.74) is 1.50. The smallest absolute Gasteiger partial charge is 0.252 e. The molecular weight excluding hydrogens is 240 g/mol. The summed E-state index contributed by atoms with van der Waals surface area (Å²) in [6, 6.07) is 6.64. The van der Waals surface area contributed by atoms with Crippen LogP contribution < -0.4 is 5.32 Å². The Labute approximate surface area is 112 Å². The minimum absolute atomic E-state index is 0.108. The van der Waals surface area contributed by atoms with E-state index in [9.17, 15) is 9.59 Å². The Balaban J connectivity index is 2.14. The van der Waals surface area contributed by atoms with Gasteiger partial charge >= 0.3 is 0 Å². The molecule has 4 nitrogen and oxygen atoms in total. The number of rotatable bonds is 3. The molecule has 1 aliphatic heterocycles. The van der Waals surface area contributed by atoms with Gasteiger partial charge in [-0.2, -0.15) is 0 Å². The van der Waals surface area contributed by atoms with Crippen LogP contribution in [-0.2, 0) is 9.59 Å². The lowest BCUT2D eigenvalue weighted by molar-refractivity contribution is -0.140. The molecule has 2 amide bonds. The van der Waals surface area contributed by atoms with E-state index in [4.69, 9.17) is 6.42 Å². The van der Waals surface area contributed by atoms with Crippen LogP contribution in [0.2, 0.25) is 0 Å². The van der Waals surface area contributed by atoms with E-state index >= 15 is 0 Å². The zero-order chi connectivity index (χ0) is 14.0. The zero-order valence-corrected chi connectivity index (χ0v) is 11.0. The molecule has 1 atom stereocenters. The van der Waals surface area contributed by atoms with E-state index in [1.807, 2.05) is 32.0 Å². The van der Waals surface area contributed by atoms with Crippen molar-refractivity contribution in [3.05, 3.63) is 29.8 Å². The largest absolute Gasteiger partial charge is 0.373 e. The summed E-state index contributed by atoms with van der Waals surface area (Å²) in [6.45, 7) is 3.66. The van der Waals surface area contributed by atoms with Crippen molar-refractivity contribution >= 4 is 17.5 Å². The maximum atomic E-state index is 12.1. The van der Waals surface area contributed by atoms with Crippen LogP contribution in [0, 0.1) is 12.3 Å². The van der Waals surface area contributed by atoms with E-state index < -0.39 is 6.04 Å². The molecule has 0 bridgehead atoms. The summed E-state index contributed by atoms with van der Waals surface area (Å²) in [4.78, 5) is 25.2. The molecule has 2 rings (SSSR count). The number of nitrogens with one attached hydrogen (secondary N) is 1. The minimum Gasteiger partial charge on any atom is -0.373 e. The number of likely N-dealkylation sites (tertiary alicyclic amines) is 1. The molecule has 19 heavy (non-hydrogen) atoms. The van der Waals surface area contributed by atoms with E-state index in [0.29, 0.717) is 0 Å². The fourth-order valence-corrected chi connectivity index (χ4v) is 2.21. The van der Waals surface area contributed by atoms with Crippen LogP contribution in [0.15, 0.2) is 24.3 Å². The van der Waals surface area contributed by atoms with Gasteiger partial charge in [-0.1, -0.05) is 12.0 Å². The van der Waals surface area contributed by atoms with E-state index in [2.05, 4.69) is 11.2 Å². The highest BCUT2D eigenvalue weighted by Gasteiger charge is 2.39. The van der Waals surface area contributed by atoms with Crippen LogP contribution in [0.5, 0.6) is 0 Å². The van der Waals surface area contributed by atoms with Crippen molar-refractivity contribution in [3.63, 3.8) is 0 Å². The fraction of sp³-hybridized carbons (Fsp3) is 0.333. The second-order valence-corrected chi connectivity index (χ2v) is 4.82. The first-order chi connectivity index (χ1) is 9.02. The second-order valence-electron chi connectivity index (χ2n) is 4.82. The van der Waals surface area contributed by atoms with E-state index in [1.54, 1.807) is 6.07 Å². The Bertz CT molecular complexity index is 558. The van der Waals surface area contributed by atoms with Crippen LogP contribution in [0.1, 0.15) is 25.8 Å². The van der Waals surface area contributed by atoms with E-state index in [0.717, 1.165) is 11.3 Å². The molecule has 1 N–H and O–H groups in total. The van der Waals surface area contributed by atoms with Crippen LogP contribution in [0.3, 0.4) is 0 Å². The van der Waals surface area contributed by atoms with Gasteiger partial charge in [0.1, 0.15) is 6.04 Å². The number of nitrogens with zero attached hydrogens (tertiary/aromatic N) is 1. The van der Waals surface area contributed by atoms with Gasteiger partial charge in [-0.25, -0.2) is 0 Å². The van der Waals surface area contributed by atoms with Gasteiger partial charge in [-0.05, 0) is 32.0 Å². The number of anilines is 1. The SMILES string of the molecule is C#Cc1cccc(NC2CC(=O)N(C(C)C)C2=O)c1. The van der Waals surface area contributed by atoms with Gasteiger partial charge in [0.05, 0.1) is 6.42 Å². The van der Waals surface area contributed by atoms with Gasteiger partial charge in [0, 0.05) is 17.3 Å². The van der Waals surface area contributed by atoms with Gasteiger partial charge in [-0.3, -0.25) is 14.5 Å². The van der Waals surface area contributed by atoms with Crippen molar-refractivity contribution < 1.29 is 9.59 Å². The number of carbonyl (C=O) groups is 2. The number of terminal acetylenes is 1. The summed E-state index contributed by atoms with van der Waals surface area (Å²) in [5.74, 6) is 2.23. The number of benzene rings is 1. The standard InChI is InChI=1S/C15H16N2O2/c1-4-11-6-5-7-12(8-11)16-13-9-14(18)17(10(2)3)15(13)19/h1,5-8,10,13,16H,9H2,2-3H3. The molecule has 1 heterocycles. The van der Waals surface area contributed by atoms with Gasteiger partial charge in [0.15, 0.2) is 0 Å². The van der Waals surface area contributed by atoms with Crippen molar-refractivity contribution in [2.24, 2.45) is 0 Å². The van der Waals surface area contributed by atoms with Crippen molar-refractivity contribution in [1.29, 1.82) is 0 Å². The number of hydrogen-bond donors (Lipinski definition) is 1. The van der Waals surface area contributed by atoms with Gasteiger partial charge in [-0.15, -0.1) is 6.42 Å². The molecule has 1 aliphatic rings. The number of amides is 2. The van der Waals surface area contributed by atoms with Gasteiger partial charge in [0.2, 0.25) is 5.91 Å². The highest BCUT2D eigenvalue weighted by Crippen LogP contribution is 2.20. The topological polar surface area (TPSA) is 49.4 Å². The Kier molecular flexibility index (Phi) is 3.57. The van der Waals surface area contributed by atoms with Crippen LogP contribution in [-0.4, -0.2) is 28.8 Å². The first kappa shape index (κ1) is 13.2. The third-order valence-electron chi connectivity index (χ3n) is 3.07. The minimum atomic E-state index is -0.497. The lowest BCUT2D eigenvalue weighted by Gasteiger charge is -2.19.